The molecular formula is C22H29N7O3. The number of piperazine rings is 1. The van der Waals surface area contributed by atoms with E-state index in [0.717, 1.165) is 56.5 Å². The number of fused-ring (bicyclic) bond motifs is 1. The predicted octanol–water partition coefficient (Wildman–Crippen LogP) is 1.04. The second kappa shape index (κ2) is 8.97. The Morgan fingerprint density at radius 2 is 2.09 bits per heavy atom. The second-order valence-electron chi connectivity index (χ2n) is 8.60. The summed E-state index contributed by atoms with van der Waals surface area (Å²) in [5.74, 6) is 1.39. The van der Waals surface area contributed by atoms with Crippen LogP contribution < -0.4 is 10.3 Å². The van der Waals surface area contributed by atoms with Crippen LogP contribution in [0, 0.1) is 0 Å². The normalized spacial score (nSPS) is 21.2. The van der Waals surface area contributed by atoms with E-state index in [1.807, 2.05) is 28.9 Å². The lowest BCUT2D eigenvalue weighted by Crippen LogP contribution is -2.47. The first-order valence-electron chi connectivity index (χ1n) is 11.1. The fraction of sp³-hybridized carbons (Fsp3) is 0.545. The van der Waals surface area contributed by atoms with Gasteiger partial charge in [0.25, 0.3) is 5.56 Å². The monoisotopic (exact) mass is 439 g/mol. The summed E-state index contributed by atoms with van der Waals surface area (Å²) < 4.78 is 12.9. The van der Waals surface area contributed by atoms with Crippen LogP contribution in [0.4, 0.5) is 0 Å². The standard InChI is InChI=1S/C22H29N7O3/c1-27-7-9-28(10-8-27)20(21-24-25-26-29(21)14-17-4-3-11-32-17)18-12-15-5-6-16(31-2)13-19(15)23-22(18)30/h5-6,12-13,17,20H,3-4,7-11,14H2,1-2H3,(H,23,30)/t17-,20-/m0/s1. The molecule has 2 atom stereocenters. The summed E-state index contributed by atoms with van der Waals surface area (Å²) in [6.07, 6.45) is 2.15. The fourth-order valence-corrected chi connectivity index (χ4v) is 4.62. The maximum Gasteiger partial charge on any atom is 0.253 e. The molecule has 0 spiro atoms. The van der Waals surface area contributed by atoms with Crippen LogP contribution in [0.25, 0.3) is 10.9 Å². The topological polar surface area (TPSA) is 101 Å². The van der Waals surface area contributed by atoms with E-state index in [1.54, 1.807) is 7.11 Å². The number of pyridine rings is 1. The lowest BCUT2D eigenvalue weighted by Gasteiger charge is -2.37. The molecule has 0 radical (unpaired) electrons. The molecule has 0 unspecified atom stereocenters. The lowest BCUT2D eigenvalue weighted by molar-refractivity contribution is 0.0878. The number of likely N-dealkylation sites (N-methyl/N-ethyl adjacent to an activating group) is 1. The Morgan fingerprint density at radius 1 is 1.25 bits per heavy atom. The average molecular weight is 440 g/mol. The van der Waals surface area contributed by atoms with Crippen LogP contribution in [-0.4, -0.2) is 88.0 Å². The average Bonchev–Trinajstić information content (AvgIpc) is 3.48. The van der Waals surface area contributed by atoms with Crippen molar-refractivity contribution < 1.29 is 9.47 Å². The number of nitrogens with one attached hydrogen (secondary N) is 1. The molecule has 0 bridgehead atoms. The molecule has 5 rings (SSSR count). The number of methoxy groups -OCH3 is 1. The van der Waals surface area contributed by atoms with Crippen molar-refractivity contribution in [1.29, 1.82) is 0 Å². The lowest BCUT2D eigenvalue weighted by atomic mass is 10.0. The summed E-state index contributed by atoms with van der Waals surface area (Å²) in [7, 11) is 3.73. The summed E-state index contributed by atoms with van der Waals surface area (Å²) in [5.41, 5.74) is 1.26. The van der Waals surface area contributed by atoms with Gasteiger partial charge in [-0.2, -0.15) is 0 Å². The van der Waals surface area contributed by atoms with Crippen LogP contribution in [0.1, 0.15) is 30.3 Å². The summed E-state index contributed by atoms with van der Waals surface area (Å²) >= 11 is 0. The quantitative estimate of drug-likeness (QED) is 0.608. The number of rotatable bonds is 6. The molecule has 170 valence electrons. The largest absolute Gasteiger partial charge is 0.497 e. The van der Waals surface area contributed by atoms with Gasteiger partial charge in [0.05, 0.1) is 25.3 Å². The van der Waals surface area contributed by atoms with Crippen molar-refractivity contribution in [2.75, 3.05) is 46.9 Å². The second-order valence-corrected chi connectivity index (χ2v) is 8.60. The summed E-state index contributed by atoms with van der Waals surface area (Å²) in [4.78, 5) is 20.9. The Hall–Kier alpha value is -2.82. The number of ether oxygens (including phenoxy) is 2. The van der Waals surface area contributed by atoms with Gasteiger partial charge < -0.3 is 19.4 Å². The minimum Gasteiger partial charge on any atom is -0.497 e. The van der Waals surface area contributed by atoms with Crippen LogP contribution in [0.2, 0.25) is 0 Å². The van der Waals surface area contributed by atoms with Crippen molar-refractivity contribution in [2.24, 2.45) is 0 Å². The Labute approximate surface area is 186 Å². The molecule has 32 heavy (non-hydrogen) atoms. The van der Waals surface area contributed by atoms with Crippen molar-refractivity contribution in [2.45, 2.75) is 31.5 Å². The Balaban J connectivity index is 1.57. The molecule has 4 heterocycles. The van der Waals surface area contributed by atoms with Crippen molar-refractivity contribution >= 4 is 10.9 Å². The van der Waals surface area contributed by atoms with E-state index in [2.05, 4.69) is 37.4 Å². The van der Waals surface area contributed by atoms with Gasteiger partial charge in [-0.05, 0) is 53.9 Å². The van der Waals surface area contributed by atoms with E-state index in [0.29, 0.717) is 23.7 Å². The molecule has 2 aliphatic heterocycles. The Kier molecular flexibility index (Phi) is 5.90. The van der Waals surface area contributed by atoms with Crippen molar-refractivity contribution in [3.63, 3.8) is 0 Å². The smallest absolute Gasteiger partial charge is 0.253 e. The molecule has 2 aromatic heterocycles. The number of aromatic nitrogens is 5. The van der Waals surface area contributed by atoms with Gasteiger partial charge in [0.2, 0.25) is 0 Å². The highest BCUT2D eigenvalue weighted by molar-refractivity contribution is 5.80. The van der Waals surface area contributed by atoms with E-state index in [9.17, 15) is 4.79 Å². The predicted molar refractivity (Wildman–Crippen MR) is 119 cm³/mol. The van der Waals surface area contributed by atoms with Gasteiger partial charge in [-0.1, -0.05) is 0 Å². The van der Waals surface area contributed by atoms with E-state index >= 15 is 0 Å². The van der Waals surface area contributed by atoms with Crippen LogP contribution >= 0.6 is 0 Å². The summed E-state index contributed by atoms with van der Waals surface area (Å²) in [5, 5.41) is 13.6. The molecule has 10 nitrogen and oxygen atoms in total. The van der Waals surface area contributed by atoms with Crippen LogP contribution in [0.15, 0.2) is 29.1 Å². The maximum atomic E-state index is 13.3. The van der Waals surface area contributed by atoms with Crippen LogP contribution in [-0.2, 0) is 11.3 Å². The third-order valence-electron chi connectivity index (χ3n) is 6.48. The summed E-state index contributed by atoms with van der Waals surface area (Å²) in [6.45, 7) is 4.87. The molecule has 2 aliphatic rings. The molecule has 2 fully saturated rings. The van der Waals surface area contributed by atoms with Gasteiger partial charge in [-0.15, -0.1) is 5.10 Å². The van der Waals surface area contributed by atoms with Crippen LogP contribution in [0.5, 0.6) is 5.75 Å². The van der Waals surface area contributed by atoms with Crippen molar-refractivity contribution in [3.05, 3.63) is 46.0 Å². The molecule has 0 saturated carbocycles. The molecule has 10 heteroatoms. The van der Waals surface area contributed by atoms with E-state index in [-0.39, 0.29) is 17.7 Å². The molecule has 3 aromatic rings. The van der Waals surface area contributed by atoms with E-state index in [1.165, 1.54) is 0 Å². The molecular weight excluding hydrogens is 410 g/mol. The number of H-pyrrole nitrogens is 1. The molecule has 1 aromatic carbocycles. The van der Waals surface area contributed by atoms with E-state index < -0.39 is 0 Å². The first kappa shape index (κ1) is 21.0. The Morgan fingerprint density at radius 3 is 2.84 bits per heavy atom. The SMILES string of the molecule is COc1ccc2cc([C@@H](c3nnnn3C[C@@H]3CCCO3)N3CCN(C)CC3)c(=O)[nH]c2c1. The van der Waals surface area contributed by atoms with Crippen LogP contribution in [0.3, 0.4) is 0 Å². The van der Waals surface area contributed by atoms with E-state index in [4.69, 9.17) is 9.47 Å². The number of tetrazole rings is 1. The zero-order valence-electron chi connectivity index (χ0n) is 18.5. The zero-order chi connectivity index (χ0) is 22.1. The molecule has 1 N–H and O–H groups in total. The molecule has 0 aliphatic carbocycles. The number of benzene rings is 1. The Bertz CT molecular complexity index is 1130. The van der Waals surface area contributed by atoms with Gasteiger partial charge >= 0.3 is 0 Å². The summed E-state index contributed by atoms with van der Waals surface area (Å²) in [6, 6.07) is 7.32. The van der Waals surface area contributed by atoms with Gasteiger partial charge in [0.15, 0.2) is 5.82 Å². The molecule has 2 saturated heterocycles. The maximum absolute atomic E-state index is 13.3. The highest BCUT2D eigenvalue weighted by Gasteiger charge is 2.33. The first-order valence-corrected chi connectivity index (χ1v) is 11.1. The minimum atomic E-state index is -0.338. The third-order valence-corrected chi connectivity index (χ3v) is 6.48. The number of hydrogen-bond acceptors (Lipinski definition) is 8. The first-order chi connectivity index (χ1) is 15.6. The highest BCUT2D eigenvalue weighted by Crippen LogP contribution is 2.29. The van der Waals surface area contributed by atoms with Gasteiger partial charge in [0.1, 0.15) is 11.8 Å². The van der Waals surface area contributed by atoms with Crippen molar-refractivity contribution in [1.82, 2.24) is 35.0 Å². The number of aromatic amines is 1. The number of nitrogens with zero attached hydrogens (tertiary/aromatic N) is 6. The zero-order valence-corrected chi connectivity index (χ0v) is 18.5. The molecule has 0 amide bonds. The number of hydrogen-bond donors (Lipinski definition) is 1. The minimum absolute atomic E-state index is 0.104. The van der Waals surface area contributed by atoms with Gasteiger partial charge in [-0.25, -0.2) is 4.68 Å². The fourth-order valence-electron chi connectivity index (χ4n) is 4.62. The van der Waals surface area contributed by atoms with Gasteiger partial charge in [0, 0.05) is 44.4 Å². The van der Waals surface area contributed by atoms with Crippen molar-refractivity contribution in [3.8, 4) is 5.75 Å². The highest BCUT2D eigenvalue weighted by atomic mass is 16.5. The van der Waals surface area contributed by atoms with Gasteiger partial charge in [-0.3, -0.25) is 9.69 Å². The third kappa shape index (κ3) is 4.13.